The predicted octanol–water partition coefficient (Wildman–Crippen LogP) is 2.99. The Morgan fingerprint density at radius 1 is 1.58 bits per heavy atom. The summed E-state index contributed by atoms with van der Waals surface area (Å²) in [6.45, 7) is 0. The van der Waals surface area contributed by atoms with Crippen LogP contribution in [0.5, 0.6) is 5.75 Å². The fourth-order valence-electron chi connectivity index (χ4n) is 0.846. The second-order valence-corrected chi connectivity index (χ2v) is 4.64. The molecule has 1 saturated carbocycles. The van der Waals surface area contributed by atoms with Crippen molar-refractivity contribution in [3.05, 3.63) is 20.4 Å². The molecule has 12 heavy (non-hydrogen) atoms. The first-order chi connectivity index (χ1) is 5.75. The van der Waals surface area contributed by atoms with Crippen LogP contribution in [0.4, 0.5) is 0 Å². The SMILES string of the molecule is Brc1cc(OC2CC2)cnc1I. The van der Waals surface area contributed by atoms with Crippen molar-refractivity contribution in [2.45, 2.75) is 18.9 Å². The summed E-state index contributed by atoms with van der Waals surface area (Å²) >= 11 is 5.58. The highest BCUT2D eigenvalue weighted by atomic mass is 127. The molecule has 0 amide bonds. The molecule has 1 aromatic heterocycles. The largest absolute Gasteiger partial charge is 0.489 e. The Morgan fingerprint density at radius 2 is 2.33 bits per heavy atom. The fraction of sp³-hybridized carbons (Fsp3) is 0.375. The van der Waals surface area contributed by atoms with E-state index >= 15 is 0 Å². The minimum absolute atomic E-state index is 0.443. The van der Waals surface area contributed by atoms with Crippen molar-refractivity contribution in [2.75, 3.05) is 0 Å². The third kappa shape index (κ3) is 2.10. The third-order valence-corrected chi connectivity index (χ3v) is 3.80. The quantitative estimate of drug-likeness (QED) is 0.610. The normalized spacial score (nSPS) is 16.2. The number of ether oxygens (including phenoxy) is 1. The molecule has 1 heterocycles. The maximum atomic E-state index is 5.57. The second-order valence-electron chi connectivity index (χ2n) is 2.76. The first-order valence-electron chi connectivity index (χ1n) is 3.73. The van der Waals surface area contributed by atoms with Crippen molar-refractivity contribution in [1.82, 2.24) is 4.98 Å². The number of hydrogen-bond acceptors (Lipinski definition) is 2. The predicted molar refractivity (Wildman–Crippen MR) is 58.3 cm³/mol. The topological polar surface area (TPSA) is 22.1 Å². The number of rotatable bonds is 2. The summed E-state index contributed by atoms with van der Waals surface area (Å²) in [5.74, 6) is 0.866. The summed E-state index contributed by atoms with van der Waals surface area (Å²) in [4.78, 5) is 4.17. The Morgan fingerprint density at radius 3 is 2.92 bits per heavy atom. The van der Waals surface area contributed by atoms with Crippen molar-refractivity contribution in [1.29, 1.82) is 0 Å². The Labute approximate surface area is 93.0 Å². The van der Waals surface area contributed by atoms with Crippen molar-refractivity contribution in [2.24, 2.45) is 0 Å². The van der Waals surface area contributed by atoms with Gasteiger partial charge in [0.15, 0.2) is 0 Å². The number of hydrogen-bond donors (Lipinski definition) is 0. The van der Waals surface area contributed by atoms with Crippen LogP contribution < -0.4 is 4.74 Å². The van der Waals surface area contributed by atoms with Crippen molar-refractivity contribution in [3.8, 4) is 5.75 Å². The molecule has 0 bridgehead atoms. The summed E-state index contributed by atoms with van der Waals surface area (Å²) in [5.41, 5.74) is 0. The Bertz CT molecular complexity index is 301. The summed E-state index contributed by atoms with van der Waals surface area (Å²) < 4.78 is 7.53. The van der Waals surface area contributed by atoms with Crippen LogP contribution in [0.1, 0.15) is 12.8 Å². The van der Waals surface area contributed by atoms with Crippen LogP contribution in [0.25, 0.3) is 0 Å². The lowest BCUT2D eigenvalue weighted by molar-refractivity contribution is 0.301. The molecule has 2 nitrogen and oxygen atoms in total. The summed E-state index contributed by atoms with van der Waals surface area (Å²) in [6.07, 6.45) is 4.58. The van der Waals surface area contributed by atoms with Crippen LogP contribution >= 0.6 is 38.5 Å². The van der Waals surface area contributed by atoms with Gasteiger partial charge >= 0.3 is 0 Å². The molecule has 1 fully saturated rings. The van der Waals surface area contributed by atoms with Gasteiger partial charge in [-0.2, -0.15) is 0 Å². The summed E-state index contributed by atoms with van der Waals surface area (Å²) in [7, 11) is 0. The average Bonchev–Trinajstić information content (AvgIpc) is 2.81. The lowest BCUT2D eigenvalue weighted by atomic mass is 10.5. The van der Waals surface area contributed by atoms with E-state index in [0.29, 0.717) is 6.10 Å². The van der Waals surface area contributed by atoms with E-state index in [1.165, 1.54) is 12.8 Å². The van der Waals surface area contributed by atoms with Crippen molar-refractivity contribution >= 4 is 38.5 Å². The van der Waals surface area contributed by atoms with Crippen LogP contribution in [0, 0.1) is 3.70 Å². The molecule has 1 aliphatic rings. The molecular weight excluding hydrogens is 333 g/mol. The van der Waals surface area contributed by atoms with Crippen LogP contribution in [-0.2, 0) is 0 Å². The first kappa shape index (κ1) is 8.74. The van der Waals surface area contributed by atoms with Gasteiger partial charge in [-0.3, -0.25) is 0 Å². The minimum atomic E-state index is 0.443. The lowest BCUT2D eigenvalue weighted by Crippen LogP contribution is -1.96. The van der Waals surface area contributed by atoms with Crippen LogP contribution in [0.3, 0.4) is 0 Å². The zero-order valence-corrected chi connectivity index (χ0v) is 10.0. The Kier molecular flexibility index (Phi) is 2.55. The molecule has 0 unspecified atom stereocenters. The van der Waals surface area contributed by atoms with E-state index in [-0.39, 0.29) is 0 Å². The minimum Gasteiger partial charge on any atom is -0.489 e. The van der Waals surface area contributed by atoms with Crippen molar-refractivity contribution < 1.29 is 4.74 Å². The van der Waals surface area contributed by atoms with E-state index < -0.39 is 0 Å². The van der Waals surface area contributed by atoms with Gasteiger partial charge in [0.05, 0.1) is 16.8 Å². The molecule has 0 spiro atoms. The van der Waals surface area contributed by atoms with Gasteiger partial charge in [0, 0.05) is 0 Å². The standard InChI is InChI=1S/C8H7BrINO/c9-7-3-6(4-11-8(7)10)12-5-1-2-5/h3-5H,1-2H2. The molecule has 64 valence electrons. The van der Waals surface area contributed by atoms with Crippen LogP contribution in [0.15, 0.2) is 16.7 Å². The zero-order valence-electron chi connectivity index (χ0n) is 6.26. The van der Waals surface area contributed by atoms with Gasteiger partial charge in [0.1, 0.15) is 9.45 Å². The average molecular weight is 340 g/mol. The van der Waals surface area contributed by atoms with E-state index in [0.717, 1.165) is 13.9 Å². The Hall–Kier alpha value is 0.160. The van der Waals surface area contributed by atoms with Crippen molar-refractivity contribution in [3.63, 3.8) is 0 Å². The number of halogens is 2. The molecule has 0 N–H and O–H groups in total. The first-order valence-corrected chi connectivity index (χ1v) is 5.60. The molecular formula is C8H7BrINO. The molecule has 0 aliphatic heterocycles. The molecule has 4 heteroatoms. The van der Waals surface area contributed by atoms with E-state index in [1.54, 1.807) is 6.20 Å². The summed E-state index contributed by atoms with van der Waals surface area (Å²) in [6, 6.07) is 1.97. The third-order valence-electron chi connectivity index (χ3n) is 1.60. The smallest absolute Gasteiger partial charge is 0.139 e. The molecule has 1 aromatic rings. The van der Waals surface area contributed by atoms with Gasteiger partial charge in [-0.1, -0.05) is 0 Å². The second kappa shape index (κ2) is 3.49. The van der Waals surface area contributed by atoms with Gasteiger partial charge in [-0.15, -0.1) is 0 Å². The highest BCUT2D eigenvalue weighted by molar-refractivity contribution is 14.1. The van der Waals surface area contributed by atoms with Crippen LogP contribution in [-0.4, -0.2) is 11.1 Å². The highest BCUT2D eigenvalue weighted by Gasteiger charge is 2.23. The summed E-state index contributed by atoms with van der Waals surface area (Å²) in [5, 5.41) is 0. The molecule has 0 atom stereocenters. The zero-order chi connectivity index (χ0) is 8.55. The molecule has 0 aromatic carbocycles. The maximum Gasteiger partial charge on any atom is 0.139 e. The van der Waals surface area contributed by atoms with Gasteiger partial charge < -0.3 is 4.74 Å². The number of aromatic nitrogens is 1. The Balaban J connectivity index is 2.15. The highest BCUT2D eigenvalue weighted by Crippen LogP contribution is 2.28. The van der Waals surface area contributed by atoms with Gasteiger partial charge in [0.25, 0.3) is 0 Å². The van der Waals surface area contributed by atoms with E-state index in [1.807, 2.05) is 6.07 Å². The van der Waals surface area contributed by atoms with Gasteiger partial charge in [-0.05, 0) is 57.4 Å². The van der Waals surface area contributed by atoms with Crippen LogP contribution in [0.2, 0.25) is 0 Å². The van der Waals surface area contributed by atoms with Gasteiger partial charge in [-0.25, -0.2) is 4.98 Å². The maximum absolute atomic E-state index is 5.57. The monoisotopic (exact) mass is 339 g/mol. The molecule has 0 saturated heterocycles. The van der Waals surface area contributed by atoms with E-state index in [4.69, 9.17) is 4.74 Å². The fourth-order valence-corrected chi connectivity index (χ4v) is 1.47. The van der Waals surface area contributed by atoms with E-state index in [9.17, 15) is 0 Å². The molecule has 2 rings (SSSR count). The van der Waals surface area contributed by atoms with E-state index in [2.05, 4.69) is 43.5 Å². The molecule has 0 radical (unpaired) electrons. The molecule has 1 aliphatic carbocycles. The lowest BCUT2D eigenvalue weighted by Gasteiger charge is -2.03. The number of pyridine rings is 1. The number of nitrogens with zero attached hydrogens (tertiary/aromatic N) is 1. The van der Waals surface area contributed by atoms with Gasteiger partial charge in [0.2, 0.25) is 0 Å².